The molecule has 0 aliphatic carbocycles. The highest BCUT2D eigenvalue weighted by atomic mass is 16.5. The maximum absolute atomic E-state index is 12.3. The van der Waals surface area contributed by atoms with E-state index < -0.39 is 18.0 Å². The van der Waals surface area contributed by atoms with E-state index in [-0.39, 0.29) is 11.7 Å². The van der Waals surface area contributed by atoms with E-state index in [1.165, 1.54) is 6.92 Å². The summed E-state index contributed by atoms with van der Waals surface area (Å²) in [4.78, 5) is 24.6. The van der Waals surface area contributed by atoms with Crippen LogP contribution in [0.3, 0.4) is 0 Å². The Kier molecular flexibility index (Phi) is 4.51. The molecule has 25 heavy (non-hydrogen) atoms. The molecule has 2 heterocycles. The molecule has 2 aromatic heterocycles. The Morgan fingerprint density at radius 3 is 2.72 bits per heavy atom. The normalized spacial score (nSPS) is 12.3. The zero-order chi connectivity index (χ0) is 18.0. The Labute approximate surface area is 144 Å². The average Bonchev–Trinajstić information content (AvgIpc) is 3.21. The third-order valence-corrected chi connectivity index (χ3v) is 3.73. The van der Waals surface area contributed by atoms with Gasteiger partial charge in [-0.15, -0.1) is 0 Å². The van der Waals surface area contributed by atoms with Crippen molar-refractivity contribution in [1.29, 1.82) is 0 Å². The van der Waals surface area contributed by atoms with Crippen molar-refractivity contribution in [1.82, 2.24) is 20.0 Å². The minimum Gasteiger partial charge on any atom is -0.448 e. The van der Waals surface area contributed by atoms with E-state index in [1.54, 1.807) is 29.1 Å². The molecule has 0 saturated carbocycles. The van der Waals surface area contributed by atoms with Gasteiger partial charge in [-0.3, -0.25) is 9.89 Å². The van der Waals surface area contributed by atoms with Crippen molar-refractivity contribution in [2.24, 2.45) is 0 Å². The molecule has 3 aromatic rings. The van der Waals surface area contributed by atoms with E-state index in [2.05, 4.69) is 20.6 Å². The Balaban J connectivity index is 1.69. The van der Waals surface area contributed by atoms with E-state index in [1.807, 2.05) is 26.0 Å². The van der Waals surface area contributed by atoms with Gasteiger partial charge in [-0.1, -0.05) is 18.2 Å². The van der Waals surface area contributed by atoms with Gasteiger partial charge in [0.25, 0.3) is 5.91 Å². The van der Waals surface area contributed by atoms with Gasteiger partial charge in [0.15, 0.2) is 11.8 Å². The molecule has 0 fully saturated rings. The van der Waals surface area contributed by atoms with Gasteiger partial charge in [-0.25, -0.2) is 9.48 Å². The molecule has 0 aliphatic rings. The molecule has 3 rings (SSSR count). The summed E-state index contributed by atoms with van der Waals surface area (Å²) in [5.74, 6) is -0.541. The molecular weight excluding hydrogens is 322 g/mol. The predicted molar refractivity (Wildman–Crippen MR) is 92.2 cm³/mol. The molecule has 0 aliphatic heterocycles. The summed E-state index contributed by atoms with van der Waals surface area (Å²) >= 11 is 0. The summed E-state index contributed by atoms with van der Waals surface area (Å²) in [7, 11) is 0. The third-order valence-electron chi connectivity index (χ3n) is 3.73. The molecule has 130 valence electrons. The number of nitrogens with zero attached hydrogens (tertiary/aromatic N) is 3. The first kappa shape index (κ1) is 16.7. The molecule has 0 unspecified atom stereocenters. The molecule has 1 aromatic carbocycles. The lowest BCUT2D eigenvalue weighted by atomic mass is 10.2. The standard InChI is InChI=1S/C17H19N5O3/c1-10(2)22-14(8-9-18-22)19-16(23)11(3)25-17(24)15-12-6-4-5-7-13(12)20-21-15/h4-11H,1-3H3,(H,19,23)(H,20,21)/t11-/m1/s1. The van der Waals surface area contributed by atoms with Gasteiger partial charge in [0.1, 0.15) is 5.82 Å². The van der Waals surface area contributed by atoms with Crippen LogP contribution in [0.25, 0.3) is 10.9 Å². The number of para-hydroxylation sites is 1. The number of esters is 1. The summed E-state index contributed by atoms with van der Waals surface area (Å²) in [6, 6.07) is 9.00. The third kappa shape index (κ3) is 3.37. The van der Waals surface area contributed by atoms with Crippen molar-refractivity contribution >= 4 is 28.6 Å². The number of aromatic amines is 1. The number of amides is 1. The van der Waals surface area contributed by atoms with Crippen LogP contribution in [0.1, 0.15) is 37.3 Å². The second-order valence-electron chi connectivity index (χ2n) is 5.91. The fourth-order valence-corrected chi connectivity index (χ4v) is 2.44. The number of benzene rings is 1. The summed E-state index contributed by atoms with van der Waals surface area (Å²) in [6.45, 7) is 5.42. The number of fused-ring (bicyclic) bond motifs is 1. The van der Waals surface area contributed by atoms with Crippen LogP contribution >= 0.6 is 0 Å². The van der Waals surface area contributed by atoms with Crippen LogP contribution in [-0.2, 0) is 9.53 Å². The highest BCUT2D eigenvalue weighted by Crippen LogP contribution is 2.17. The second kappa shape index (κ2) is 6.76. The highest BCUT2D eigenvalue weighted by Gasteiger charge is 2.23. The monoisotopic (exact) mass is 341 g/mol. The average molecular weight is 341 g/mol. The maximum Gasteiger partial charge on any atom is 0.360 e. The van der Waals surface area contributed by atoms with E-state index in [4.69, 9.17) is 4.74 Å². The largest absolute Gasteiger partial charge is 0.448 e. The minimum atomic E-state index is -0.974. The summed E-state index contributed by atoms with van der Waals surface area (Å²) in [5, 5.41) is 14.3. The zero-order valence-corrected chi connectivity index (χ0v) is 14.2. The van der Waals surface area contributed by atoms with Crippen LogP contribution in [-0.4, -0.2) is 38.0 Å². The van der Waals surface area contributed by atoms with Crippen molar-refractivity contribution in [3.63, 3.8) is 0 Å². The van der Waals surface area contributed by atoms with Gasteiger partial charge < -0.3 is 10.1 Å². The molecule has 1 atom stereocenters. The Hall–Kier alpha value is -3.16. The molecule has 8 heteroatoms. The van der Waals surface area contributed by atoms with E-state index in [9.17, 15) is 9.59 Å². The lowest BCUT2D eigenvalue weighted by Crippen LogP contribution is -2.31. The number of rotatable bonds is 5. The number of ether oxygens (including phenoxy) is 1. The van der Waals surface area contributed by atoms with E-state index in [0.29, 0.717) is 11.2 Å². The molecular formula is C17H19N5O3. The van der Waals surface area contributed by atoms with Crippen LogP contribution in [0.5, 0.6) is 0 Å². The molecule has 2 N–H and O–H groups in total. The van der Waals surface area contributed by atoms with Gasteiger partial charge in [0, 0.05) is 17.5 Å². The number of hydrogen-bond acceptors (Lipinski definition) is 5. The van der Waals surface area contributed by atoms with Crippen molar-refractivity contribution in [2.75, 3.05) is 5.32 Å². The Morgan fingerprint density at radius 2 is 1.96 bits per heavy atom. The number of anilines is 1. The smallest absolute Gasteiger partial charge is 0.360 e. The van der Waals surface area contributed by atoms with Crippen LogP contribution < -0.4 is 5.32 Å². The maximum atomic E-state index is 12.3. The SMILES string of the molecule is CC(C)n1nccc1NC(=O)[C@@H](C)OC(=O)c1n[nH]c2ccccc12. The van der Waals surface area contributed by atoms with Crippen LogP contribution in [0.15, 0.2) is 36.5 Å². The molecule has 8 nitrogen and oxygen atoms in total. The summed E-state index contributed by atoms with van der Waals surface area (Å²) < 4.78 is 6.92. The molecule has 0 saturated heterocycles. The number of carbonyl (C=O) groups excluding carboxylic acids is 2. The first-order chi connectivity index (χ1) is 12.0. The molecule has 1 amide bonds. The van der Waals surface area contributed by atoms with Crippen molar-refractivity contribution < 1.29 is 14.3 Å². The first-order valence-electron chi connectivity index (χ1n) is 7.96. The lowest BCUT2D eigenvalue weighted by Gasteiger charge is -2.15. The first-order valence-corrected chi connectivity index (χ1v) is 7.96. The molecule has 0 spiro atoms. The van der Waals surface area contributed by atoms with Gasteiger partial charge in [-0.05, 0) is 26.8 Å². The van der Waals surface area contributed by atoms with Crippen LogP contribution in [0.4, 0.5) is 5.82 Å². The van der Waals surface area contributed by atoms with Crippen molar-refractivity contribution in [2.45, 2.75) is 32.9 Å². The Morgan fingerprint density at radius 1 is 1.20 bits per heavy atom. The quantitative estimate of drug-likeness (QED) is 0.694. The van der Waals surface area contributed by atoms with Gasteiger partial charge in [-0.2, -0.15) is 10.2 Å². The fraction of sp³-hybridized carbons (Fsp3) is 0.294. The predicted octanol–water partition coefficient (Wildman–Crippen LogP) is 2.52. The lowest BCUT2D eigenvalue weighted by molar-refractivity contribution is -0.123. The van der Waals surface area contributed by atoms with Gasteiger partial charge >= 0.3 is 5.97 Å². The fourth-order valence-electron chi connectivity index (χ4n) is 2.44. The zero-order valence-electron chi connectivity index (χ0n) is 14.2. The van der Waals surface area contributed by atoms with Gasteiger partial charge in [0.05, 0.1) is 11.7 Å². The van der Waals surface area contributed by atoms with Crippen LogP contribution in [0, 0.1) is 0 Å². The number of hydrogen-bond donors (Lipinski definition) is 2. The number of aromatic nitrogens is 4. The molecule has 0 bridgehead atoms. The van der Waals surface area contributed by atoms with Crippen LogP contribution in [0.2, 0.25) is 0 Å². The highest BCUT2D eigenvalue weighted by molar-refractivity contribution is 6.03. The van der Waals surface area contributed by atoms with Crippen molar-refractivity contribution in [3.8, 4) is 0 Å². The topological polar surface area (TPSA) is 102 Å². The van der Waals surface area contributed by atoms with Gasteiger partial charge in [0.2, 0.25) is 0 Å². The molecule has 0 radical (unpaired) electrons. The van der Waals surface area contributed by atoms with E-state index >= 15 is 0 Å². The second-order valence-corrected chi connectivity index (χ2v) is 5.91. The Bertz CT molecular complexity index is 912. The number of carbonyl (C=O) groups is 2. The summed E-state index contributed by atoms with van der Waals surface area (Å²) in [5.41, 5.74) is 0.884. The van der Waals surface area contributed by atoms with E-state index in [0.717, 1.165) is 5.52 Å². The summed E-state index contributed by atoms with van der Waals surface area (Å²) in [6.07, 6.45) is 0.626. The van der Waals surface area contributed by atoms with Crippen molar-refractivity contribution in [3.05, 3.63) is 42.2 Å². The number of nitrogens with one attached hydrogen (secondary N) is 2. The minimum absolute atomic E-state index is 0.0959. The number of H-pyrrole nitrogens is 1.